The van der Waals surface area contributed by atoms with Gasteiger partial charge in [0.2, 0.25) is 11.8 Å². The van der Waals surface area contributed by atoms with E-state index in [9.17, 15) is 14.4 Å². The molecule has 2 heterocycles. The number of carbonyl (C=O) groups excluding carboxylic acids is 3. The van der Waals surface area contributed by atoms with Gasteiger partial charge in [0.05, 0.1) is 5.69 Å². The largest absolute Gasteiger partial charge is 0.384 e. The SMILES string of the molecule is O=C1CCC(N2C(=O)c3cccc4c(C#CCO)ccc2c34)C(=O)N1. The lowest BCUT2D eigenvalue weighted by molar-refractivity contribution is -0.134. The monoisotopic (exact) mass is 334 g/mol. The minimum Gasteiger partial charge on any atom is -0.384 e. The van der Waals surface area contributed by atoms with Crippen LogP contribution in [0.1, 0.15) is 28.8 Å². The third kappa shape index (κ3) is 2.29. The summed E-state index contributed by atoms with van der Waals surface area (Å²) in [6.07, 6.45) is 0.512. The first-order valence-electron chi connectivity index (χ1n) is 7.94. The molecule has 1 saturated heterocycles. The maximum absolute atomic E-state index is 12.9. The average molecular weight is 334 g/mol. The second-order valence-electron chi connectivity index (χ2n) is 5.96. The molecule has 2 aromatic rings. The maximum Gasteiger partial charge on any atom is 0.259 e. The summed E-state index contributed by atoms with van der Waals surface area (Å²) in [6.45, 7) is -0.246. The molecule has 1 atom stereocenters. The summed E-state index contributed by atoms with van der Waals surface area (Å²) < 4.78 is 0. The lowest BCUT2D eigenvalue weighted by Crippen LogP contribution is -2.53. The number of piperidine rings is 1. The smallest absolute Gasteiger partial charge is 0.259 e. The van der Waals surface area contributed by atoms with Gasteiger partial charge in [0, 0.05) is 28.3 Å². The topological polar surface area (TPSA) is 86.7 Å². The van der Waals surface area contributed by atoms with Crippen LogP contribution in [0, 0.1) is 11.8 Å². The summed E-state index contributed by atoms with van der Waals surface area (Å²) in [6, 6.07) is 8.21. The second-order valence-corrected chi connectivity index (χ2v) is 5.96. The third-order valence-electron chi connectivity index (χ3n) is 4.55. The summed E-state index contributed by atoms with van der Waals surface area (Å²) in [5, 5.41) is 12.8. The lowest BCUT2D eigenvalue weighted by atomic mass is 10.0. The van der Waals surface area contributed by atoms with E-state index in [0.29, 0.717) is 23.2 Å². The Bertz CT molecular complexity index is 1000. The molecule has 4 rings (SSSR count). The molecule has 0 bridgehead atoms. The predicted molar refractivity (Wildman–Crippen MR) is 90.9 cm³/mol. The number of hydrogen-bond donors (Lipinski definition) is 2. The standard InChI is InChI=1S/C19H14N2O4/c22-10-2-3-11-6-7-14-17-12(11)4-1-5-13(17)19(25)21(14)15-8-9-16(23)20-18(15)24/h1,4-7,15,22H,8-10H2,(H,20,23,24). The second kappa shape index (κ2) is 5.72. The average Bonchev–Trinajstić information content (AvgIpc) is 2.89. The van der Waals surface area contributed by atoms with Crippen LogP contribution in [0.2, 0.25) is 0 Å². The van der Waals surface area contributed by atoms with Gasteiger partial charge in [0.25, 0.3) is 5.91 Å². The van der Waals surface area contributed by atoms with E-state index in [2.05, 4.69) is 17.2 Å². The van der Waals surface area contributed by atoms with Crippen LogP contribution in [-0.2, 0) is 9.59 Å². The Morgan fingerprint density at radius 2 is 2.04 bits per heavy atom. The molecule has 25 heavy (non-hydrogen) atoms. The van der Waals surface area contributed by atoms with Gasteiger partial charge in [0.1, 0.15) is 12.6 Å². The number of aliphatic hydroxyl groups is 1. The van der Waals surface area contributed by atoms with Gasteiger partial charge >= 0.3 is 0 Å². The Labute approximate surface area is 143 Å². The molecule has 124 valence electrons. The van der Waals surface area contributed by atoms with Gasteiger partial charge in [-0.15, -0.1) is 0 Å². The van der Waals surface area contributed by atoms with Crippen molar-refractivity contribution < 1.29 is 19.5 Å². The van der Waals surface area contributed by atoms with Crippen LogP contribution in [0.25, 0.3) is 10.8 Å². The quantitative estimate of drug-likeness (QED) is 0.600. The van der Waals surface area contributed by atoms with Crippen LogP contribution in [0.4, 0.5) is 5.69 Å². The van der Waals surface area contributed by atoms with Gasteiger partial charge in [0.15, 0.2) is 0 Å². The first kappa shape index (κ1) is 15.4. The molecule has 2 aliphatic rings. The van der Waals surface area contributed by atoms with Crippen LogP contribution in [0.3, 0.4) is 0 Å². The van der Waals surface area contributed by atoms with Crippen LogP contribution in [-0.4, -0.2) is 35.5 Å². The number of nitrogens with zero attached hydrogens (tertiary/aromatic N) is 1. The van der Waals surface area contributed by atoms with E-state index in [0.717, 1.165) is 10.8 Å². The number of carbonyl (C=O) groups is 3. The van der Waals surface area contributed by atoms with Crippen molar-refractivity contribution in [2.75, 3.05) is 11.5 Å². The van der Waals surface area contributed by atoms with E-state index in [4.69, 9.17) is 5.11 Å². The Morgan fingerprint density at radius 3 is 2.80 bits per heavy atom. The Balaban J connectivity index is 1.87. The Hall–Kier alpha value is -3.17. The molecule has 0 saturated carbocycles. The van der Waals surface area contributed by atoms with Crippen molar-refractivity contribution in [2.45, 2.75) is 18.9 Å². The number of imide groups is 1. The molecular formula is C19H14N2O4. The van der Waals surface area contributed by atoms with Crippen molar-refractivity contribution in [2.24, 2.45) is 0 Å². The minimum atomic E-state index is -0.699. The van der Waals surface area contributed by atoms with Crippen LogP contribution in [0.15, 0.2) is 30.3 Å². The van der Waals surface area contributed by atoms with Crippen LogP contribution < -0.4 is 10.2 Å². The molecule has 1 fully saturated rings. The van der Waals surface area contributed by atoms with Crippen molar-refractivity contribution in [3.05, 3.63) is 41.5 Å². The molecule has 6 nitrogen and oxygen atoms in total. The third-order valence-corrected chi connectivity index (χ3v) is 4.55. The number of hydrogen-bond acceptors (Lipinski definition) is 4. The number of aliphatic hydroxyl groups excluding tert-OH is 1. The number of benzene rings is 2. The lowest BCUT2D eigenvalue weighted by Gasteiger charge is -2.30. The Morgan fingerprint density at radius 1 is 1.20 bits per heavy atom. The summed E-state index contributed by atoms with van der Waals surface area (Å²) in [7, 11) is 0. The molecule has 0 spiro atoms. The van der Waals surface area contributed by atoms with E-state index in [1.165, 1.54) is 4.90 Å². The highest BCUT2D eigenvalue weighted by Crippen LogP contribution is 2.40. The van der Waals surface area contributed by atoms with Crippen molar-refractivity contribution in [3.8, 4) is 11.8 Å². The van der Waals surface area contributed by atoms with Gasteiger partial charge in [-0.25, -0.2) is 0 Å². The van der Waals surface area contributed by atoms with Crippen molar-refractivity contribution in [1.82, 2.24) is 5.32 Å². The summed E-state index contributed by atoms with van der Waals surface area (Å²) in [4.78, 5) is 38.0. The molecule has 0 aliphatic carbocycles. The van der Waals surface area contributed by atoms with Gasteiger partial charge in [-0.1, -0.05) is 24.0 Å². The molecule has 6 heteroatoms. The zero-order chi connectivity index (χ0) is 17.6. The van der Waals surface area contributed by atoms with Crippen LogP contribution in [0.5, 0.6) is 0 Å². The fraction of sp³-hybridized carbons (Fsp3) is 0.211. The normalized spacial score (nSPS) is 19.0. The minimum absolute atomic E-state index is 0.208. The fourth-order valence-corrected chi connectivity index (χ4v) is 3.49. The van der Waals surface area contributed by atoms with E-state index >= 15 is 0 Å². The van der Waals surface area contributed by atoms with E-state index < -0.39 is 11.9 Å². The first-order valence-corrected chi connectivity index (χ1v) is 7.94. The van der Waals surface area contributed by atoms with Gasteiger partial charge < -0.3 is 5.11 Å². The maximum atomic E-state index is 12.9. The highest BCUT2D eigenvalue weighted by atomic mass is 16.2. The number of anilines is 1. The molecule has 2 N–H and O–H groups in total. The molecule has 2 aliphatic heterocycles. The number of rotatable bonds is 1. The molecule has 2 aromatic carbocycles. The summed E-state index contributed by atoms with van der Waals surface area (Å²) in [5.41, 5.74) is 1.89. The first-order chi connectivity index (χ1) is 12.1. The van der Waals surface area contributed by atoms with Crippen LogP contribution >= 0.6 is 0 Å². The number of amides is 3. The highest BCUT2D eigenvalue weighted by molar-refractivity contribution is 6.27. The molecule has 0 aromatic heterocycles. The predicted octanol–water partition coefficient (Wildman–Crippen LogP) is 0.949. The zero-order valence-electron chi connectivity index (χ0n) is 13.2. The summed E-state index contributed by atoms with van der Waals surface area (Å²) in [5.74, 6) is 4.50. The van der Waals surface area contributed by atoms with E-state index in [-0.39, 0.29) is 24.8 Å². The number of nitrogens with one attached hydrogen (secondary N) is 1. The molecule has 1 unspecified atom stereocenters. The molecule has 3 amide bonds. The van der Waals surface area contributed by atoms with Crippen molar-refractivity contribution in [3.63, 3.8) is 0 Å². The van der Waals surface area contributed by atoms with Gasteiger partial charge in [-0.3, -0.25) is 24.6 Å². The Kier molecular flexibility index (Phi) is 3.52. The molecular weight excluding hydrogens is 320 g/mol. The molecule has 0 radical (unpaired) electrons. The highest BCUT2D eigenvalue weighted by Gasteiger charge is 2.40. The zero-order valence-corrected chi connectivity index (χ0v) is 13.2. The van der Waals surface area contributed by atoms with E-state index in [1.807, 2.05) is 6.07 Å². The van der Waals surface area contributed by atoms with E-state index in [1.54, 1.807) is 24.3 Å². The van der Waals surface area contributed by atoms with Crippen molar-refractivity contribution in [1.29, 1.82) is 0 Å². The van der Waals surface area contributed by atoms with Gasteiger partial charge in [-0.05, 0) is 24.6 Å². The van der Waals surface area contributed by atoms with Gasteiger partial charge in [-0.2, -0.15) is 0 Å². The summed E-state index contributed by atoms with van der Waals surface area (Å²) >= 11 is 0. The fourth-order valence-electron chi connectivity index (χ4n) is 3.49. The van der Waals surface area contributed by atoms with Crippen molar-refractivity contribution >= 4 is 34.2 Å².